The fraction of sp³-hybridized carbons (Fsp3) is 0.483. The molecule has 0 spiro atoms. The average molecular weight is 476 g/mol. The van der Waals surface area contributed by atoms with Crippen LogP contribution in [0.5, 0.6) is 0 Å². The van der Waals surface area contributed by atoms with Crippen molar-refractivity contribution in [2.75, 3.05) is 13.1 Å². The molecule has 2 aromatic rings. The fourth-order valence-electron chi connectivity index (χ4n) is 5.29. The Hall–Kier alpha value is -3.15. The van der Waals surface area contributed by atoms with E-state index in [4.69, 9.17) is 0 Å². The highest BCUT2D eigenvalue weighted by Crippen LogP contribution is 2.23. The van der Waals surface area contributed by atoms with Crippen LogP contribution in [0.1, 0.15) is 77.3 Å². The van der Waals surface area contributed by atoms with Crippen LogP contribution < -0.4 is 10.6 Å². The smallest absolute Gasteiger partial charge is 0.253 e. The summed E-state index contributed by atoms with van der Waals surface area (Å²) in [5, 5.41) is 6.41. The first kappa shape index (κ1) is 25.0. The molecule has 1 unspecified atom stereocenters. The third kappa shape index (κ3) is 6.11. The number of nitrogens with one attached hydrogen (secondary N) is 2. The number of carbonyl (C=O) groups excluding carboxylic acids is 3. The zero-order chi connectivity index (χ0) is 24.8. The normalized spacial score (nSPS) is 22.3. The SMILES string of the molecule is CCc1ccc(C(=O)N2CCCC(C(=O)N[C@@H]3CCCC[C@H]3NC(=O)c3ccccc3C)C2)cc1. The molecule has 1 aliphatic heterocycles. The van der Waals surface area contributed by atoms with Crippen LogP contribution in [0.15, 0.2) is 48.5 Å². The van der Waals surface area contributed by atoms with Crippen molar-refractivity contribution in [3.8, 4) is 0 Å². The first-order valence-corrected chi connectivity index (χ1v) is 13.0. The van der Waals surface area contributed by atoms with Gasteiger partial charge in [0.15, 0.2) is 0 Å². The lowest BCUT2D eigenvalue weighted by atomic mass is 9.88. The van der Waals surface area contributed by atoms with E-state index >= 15 is 0 Å². The molecular weight excluding hydrogens is 438 g/mol. The van der Waals surface area contributed by atoms with E-state index in [2.05, 4.69) is 17.6 Å². The summed E-state index contributed by atoms with van der Waals surface area (Å²) in [6.45, 7) is 5.14. The molecule has 186 valence electrons. The molecule has 0 radical (unpaired) electrons. The second-order valence-electron chi connectivity index (χ2n) is 9.94. The van der Waals surface area contributed by atoms with Gasteiger partial charge in [0, 0.05) is 36.3 Å². The van der Waals surface area contributed by atoms with Crippen molar-refractivity contribution in [1.82, 2.24) is 15.5 Å². The van der Waals surface area contributed by atoms with Crippen LogP contribution in [0.3, 0.4) is 0 Å². The standard InChI is InChI=1S/C29H37N3O3/c1-3-21-14-16-22(17-15-21)29(35)32-18-8-10-23(19-32)27(33)30-25-12-6-7-13-26(25)31-28(34)24-11-5-4-9-20(24)2/h4-5,9,11,14-17,23,25-26H,3,6-8,10,12-13,18-19H2,1-2H3,(H,30,33)(H,31,34)/t23?,25-,26-/m1/s1. The summed E-state index contributed by atoms with van der Waals surface area (Å²) < 4.78 is 0. The summed E-state index contributed by atoms with van der Waals surface area (Å²) in [6, 6.07) is 15.2. The Morgan fingerprint density at radius 2 is 1.57 bits per heavy atom. The number of nitrogens with zero attached hydrogens (tertiary/aromatic N) is 1. The highest BCUT2D eigenvalue weighted by molar-refractivity contribution is 5.96. The van der Waals surface area contributed by atoms with Crippen molar-refractivity contribution >= 4 is 17.7 Å². The first-order valence-electron chi connectivity index (χ1n) is 13.0. The number of hydrogen-bond donors (Lipinski definition) is 2. The molecule has 35 heavy (non-hydrogen) atoms. The third-order valence-corrected chi connectivity index (χ3v) is 7.49. The van der Waals surface area contributed by atoms with Crippen molar-refractivity contribution in [1.29, 1.82) is 0 Å². The van der Waals surface area contributed by atoms with Gasteiger partial charge in [-0.3, -0.25) is 14.4 Å². The van der Waals surface area contributed by atoms with Crippen LogP contribution in [-0.4, -0.2) is 47.8 Å². The van der Waals surface area contributed by atoms with E-state index in [0.717, 1.165) is 50.5 Å². The van der Waals surface area contributed by atoms with Crippen molar-refractivity contribution < 1.29 is 14.4 Å². The highest BCUT2D eigenvalue weighted by atomic mass is 16.2. The van der Waals surface area contributed by atoms with Gasteiger partial charge in [0.25, 0.3) is 11.8 Å². The minimum Gasteiger partial charge on any atom is -0.351 e. The van der Waals surface area contributed by atoms with Crippen molar-refractivity contribution in [3.63, 3.8) is 0 Å². The summed E-state index contributed by atoms with van der Waals surface area (Å²) in [5.74, 6) is -0.327. The molecule has 3 atom stereocenters. The van der Waals surface area contributed by atoms with Crippen LogP contribution in [0.2, 0.25) is 0 Å². The van der Waals surface area contributed by atoms with E-state index in [0.29, 0.717) is 24.2 Å². The van der Waals surface area contributed by atoms with Gasteiger partial charge in [-0.1, -0.05) is 50.1 Å². The summed E-state index contributed by atoms with van der Waals surface area (Å²) >= 11 is 0. The molecule has 3 amide bonds. The second kappa shape index (κ2) is 11.5. The number of benzene rings is 2. The Labute approximate surface area is 208 Å². The van der Waals surface area contributed by atoms with Crippen molar-refractivity contribution in [2.45, 2.75) is 70.9 Å². The van der Waals surface area contributed by atoms with Gasteiger partial charge in [0.2, 0.25) is 5.91 Å². The summed E-state index contributed by atoms with van der Waals surface area (Å²) in [5.41, 5.74) is 3.50. The number of amides is 3. The topological polar surface area (TPSA) is 78.5 Å². The van der Waals surface area contributed by atoms with Crippen LogP contribution in [0, 0.1) is 12.8 Å². The number of likely N-dealkylation sites (tertiary alicyclic amines) is 1. The number of rotatable bonds is 6. The van der Waals surface area contributed by atoms with Gasteiger partial charge < -0.3 is 15.5 Å². The number of aryl methyl sites for hydroxylation is 2. The molecule has 1 heterocycles. The Morgan fingerprint density at radius 1 is 0.886 bits per heavy atom. The first-order chi connectivity index (χ1) is 17.0. The number of carbonyl (C=O) groups is 3. The van der Waals surface area contributed by atoms with Crippen molar-refractivity contribution in [3.05, 3.63) is 70.8 Å². The third-order valence-electron chi connectivity index (χ3n) is 7.49. The maximum Gasteiger partial charge on any atom is 0.253 e. The zero-order valence-electron chi connectivity index (χ0n) is 20.9. The lowest BCUT2D eigenvalue weighted by Crippen LogP contribution is -2.55. The van der Waals surface area contributed by atoms with Gasteiger partial charge in [-0.2, -0.15) is 0 Å². The van der Waals surface area contributed by atoms with E-state index in [1.165, 1.54) is 5.56 Å². The van der Waals surface area contributed by atoms with Gasteiger partial charge in [-0.05, 0) is 68.4 Å². The van der Waals surface area contributed by atoms with Gasteiger partial charge in [-0.25, -0.2) is 0 Å². The minimum atomic E-state index is -0.225. The van der Waals surface area contributed by atoms with Crippen LogP contribution in [0.25, 0.3) is 0 Å². The highest BCUT2D eigenvalue weighted by Gasteiger charge is 2.33. The molecule has 1 aliphatic carbocycles. The lowest BCUT2D eigenvalue weighted by molar-refractivity contribution is -0.127. The monoisotopic (exact) mass is 475 g/mol. The lowest BCUT2D eigenvalue weighted by Gasteiger charge is -2.36. The van der Waals surface area contributed by atoms with E-state index in [1.807, 2.05) is 60.4 Å². The maximum absolute atomic E-state index is 13.2. The Morgan fingerprint density at radius 3 is 2.26 bits per heavy atom. The molecule has 4 rings (SSSR count). The summed E-state index contributed by atoms with van der Waals surface area (Å²) in [7, 11) is 0. The molecule has 0 bridgehead atoms. The van der Waals surface area contributed by atoms with E-state index in [-0.39, 0.29) is 35.7 Å². The Balaban J connectivity index is 1.36. The van der Waals surface area contributed by atoms with Gasteiger partial charge >= 0.3 is 0 Å². The minimum absolute atomic E-state index is 0.00816. The van der Waals surface area contributed by atoms with Gasteiger partial charge in [-0.15, -0.1) is 0 Å². The quantitative estimate of drug-likeness (QED) is 0.655. The second-order valence-corrected chi connectivity index (χ2v) is 9.94. The summed E-state index contributed by atoms with van der Waals surface area (Å²) in [6.07, 6.45) is 6.30. The Bertz CT molecular complexity index is 1050. The molecule has 0 aromatic heterocycles. The number of piperidine rings is 1. The largest absolute Gasteiger partial charge is 0.351 e. The van der Waals surface area contributed by atoms with Crippen LogP contribution in [-0.2, 0) is 11.2 Å². The van der Waals surface area contributed by atoms with Gasteiger partial charge in [0.1, 0.15) is 0 Å². The predicted molar refractivity (Wildman–Crippen MR) is 137 cm³/mol. The van der Waals surface area contributed by atoms with E-state index < -0.39 is 0 Å². The summed E-state index contributed by atoms with van der Waals surface area (Å²) in [4.78, 5) is 41.0. The molecule has 1 saturated carbocycles. The average Bonchev–Trinajstić information content (AvgIpc) is 2.89. The molecule has 2 fully saturated rings. The molecular formula is C29H37N3O3. The van der Waals surface area contributed by atoms with Gasteiger partial charge in [0.05, 0.1) is 5.92 Å². The fourth-order valence-corrected chi connectivity index (χ4v) is 5.29. The molecule has 2 aromatic carbocycles. The zero-order valence-corrected chi connectivity index (χ0v) is 20.9. The Kier molecular flexibility index (Phi) is 8.21. The molecule has 2 N–H and O–H groups in total. The van der Waals surface area contributed by atoms with Crippen LogP contribution >= 0.6 is 0 Å². The predicted octanol–water partition coefficient (Wildman–Crippen LogP) is 4.27. The van der Waals surface area contributed by atoms with E-state index in [1.54, 1.807) is 0 Å². The molecule has 2 aliphatic rings. The molecule has 6 nitrogen and oxygen atoms in total. The van der Waals surface area contributed by atoms with Crippen LogP contribution in [0.4, 0.5) is 0 Å². The van der Waals surface area contributed by atoms with Crippen molar-refractivity contribution in [2.24, 2.45) is 5.92 Å². The molecule has 6 heteroatoms. The number of hydrogen-bond acceptors (Lipinski definition) is 3. The maximum atomic E-state index is 13.2. The molecule has 1 saturated heterocycles. The van der Waals surface area contributed by atoms with E-state index in [9.17, 15) is 14.4 Å².